The third-order valence-corrected chi connectivity index (χ3v) is 4.21. The van der Waals surface area contributed by atoms with Gasteiger partial charge >= 0.3 is 5.97 Å². The molecule has 0 aliphatic heterocycles. The molecule has 0 aromatic carbocycles. The third-order valence-electron chi connectivity index (χ3n) is 4.21. The number of nitrogens with zero attached hydrogens (tertiary/aromatic N) is 1. The SMILES string of the molecule is CC(NC(=O)C(N)C(C)O)C(=O)NC(Cc1cnc[nH]1)C(=O)NC(CC(N)=O)C(=O)O. The van der Waals surface area contributed by atoms with Crippen molar-refractivity contribution in [2.45, 2.75) is 57.0 Å². The van der Waals surface area contributed by atoms with Crippen molar-refractivity contribution in [3.8, 4) is 0 Å². The number of nitrogens with one attached hydrogen (secondary N) is 4. The number of carbonyl (C=O) groups is 5. The lowest BCUT2D eigenvalue weighted by Gasteiger charge is -2.23. The standard InChI is InChI=1S/C17H27N7O7/c1-7(22-16(29)13(19)8(2)25)14(27)23-10(3-9-5-20-6-21-9)15(28)24-11(17(30)31)4-12(18)26/h5-8,10-11,13,25H,3-4,19H2,1-2H3,(H2,18,26)(H,20,21)(H,22,29)(H,23,27)(H,24,28)(H,30,31). The number of aliphatic hydroxyl groups is 1. The molecule has 172 valence electrons. The second kappa shape index (κ2) is 11.6. The van der Waals surface area contributed by atoms with Crippen LogP contribution in [0.2, 0.25) is 0 Å². The van der Waals surface area contributed by atoms with E-state index < -0.39 is 66.3 Å². The van der Waals surface area contributed by atoms with E-state index >= 15 is 0 Å². The minimum atomic E-state index is -1.59. The Morgan fingerprint density at radius 1 is 1.06 bits per heavy atom. The molecule has 31 heavy (non-hydrogen) atoms. The minimum absolute atomic E-state index is 0.0890. The van der Waals surface area contributed by atoms with Gasteiger partial charge in [-0.05, 0) is 13.8 Å². The average Bonchev–Trinajstić information content (AvgIpc) is 3.18. The number of amides is 4. The second-order valence-electron chi connectivity index (χ2n) is 6.91. The number of carbonyl (C=O) groups excluding carboxylic acids is 4. The van der Waals surface area contributed by atoms with Gasteiger partial charge in [0.25, 0.3) is 0 Å². The number of rotatable bonds is 12. The number of hydrogen-bond acceptors (Lipinski definition) is 8. The molecular weight excluding hydrogens is 414 g/mol. The molecule has 10 N–H and O–H groups in total. The lowest BCUT2D eigenvalue weighted by Crippen LogP contribution is -2.58. The predicted molar refractivity (Wildman–Crippen MR) is 105 cm³/mol. The molecular formula is C17H27N7O7. The highest BCUT2D eigenvalue weighted by Crippen LogP contribution is 2.02. The number of H-pyrrole nitrogens is 1. The number of aromatic amines is 1. The molecule has 0 saturated carbocycles. The van der Waals surface area contributed by atoms with E-state index in [0.29, 0.717) is 5.69 Å². The topological polar surface area (TPSA) is 243 Å². The maximum atomic E-state index is 12.6. The molecule has 14 nitrogen and oxygen atoms in total. The van der Waals surface area contributed by atoms with Gasteiger partial charge in [-0.3, -0.25) is 19.2 Å². The Labute approximate surface area is 177 Å². The fraction of sp³-hybridized carbons (Fsp3) is 0.529. The molecule has 0 aliphatic rings. The van der Waals surface area contributed by atoms with Crippen LogP contribution in [0.5, 0.6) is 0 Å². The molecule has 0 spiro atoms. The van der Waals surface area contributed by atoms with E-state index in [4.69, 9.17) is 16.6 Å². The number of carboxylic acid groups (broad SMARTS) is 1. The van der Waals surface area contributed by atoms with E-state index in [0.717, 1.165) is 0 Å². The van der Waals surface area contributed by atoms with E-state index in [1.54, 1.807) is 0 Å². The van der Waals surface area contributed by atoms with Crippen molar-refractivity contribution < 1.29 is 34.2 Å². The molecule has 0 bridgehead atoms. The summed E-state index contributed by atoms with van der Waals surface area (Å²) in [5.74, 6) is -4.86. The largest absolute Gasteiger partial charge is 0.480 e. The van der Waals surface area contributed by atoms with Gasteiger partial charge in [-0.15, -0.1) is 0 Å². The lowest BCUT2D eigenvalue weighted by molar-refractivity contribution is -0.143. The van der Waals surface area contributed by atoms with Crippen molar-refractivity contribution in [1.82, 2.24) is 25.9 Å². The van der Waals surface area contributed by atoms with Crippen LogP contribution in [0, 0.1) is 0 Å². The number of carboxylic acids is 1. The van der Waals surface area contributed by atoms with Gasteiger partial charge in [0.2, 0.25) is 23.6 Å². The summed E-state index contributed by atoms with van der Waals surface area (Å²) >= 11 is 0. The maximum Gasteiger partial charge on any atom is 0.326 e. The van der Waals surface area contributed by atoms with E-state index in [-0.39, 0.29) is 6.42 Å². The average molecular weight is 441 g/mol. The summed E-state index contributed by atoms with van der Waals surface area (Å²) in [5, 5.41) is 25.4. The van der Waals surface area contributed by atoms with Gasteiger partial charge in [-0.25, -0.2) is 9.78 Å². The van der Waals surface area contributed by atoms with Gasteiger partial charge in [0.05, 0.1) is 18.9 Å². The fourth-order valence-corrected chi connectivity index (χ4v) is 2.39. The number of aromatic nitrogens is 2. The van der Waals surface area contributed by atoms with Crippen LogP contribution in [0.1, 0.15) is 26.0 Å². The van der Waals surface area contributed by atoms with Crippen LogP contribution in [0.25, 0.3) is 0 Å². The zero-order valence-corrected chi connectivity index (χ0v) is 17.0. The van der Waals surface area contributed by atoms with Crippen LogP contribution in [0.15, 0.2) is 12.5 Å². The van der Waals surface area contributed by atoms with Crippen LogP contribution in [-0.4, -0.2) is 80.1 Å². The number of primary amides is 1. The smallest absolute Gasteiger partial charge is 0.326 e. The zero-order chi connectivity index (χ0) is 23.7. The molecule has 0 aliphatic carbocycles. The summed E-state index contributed by atoms with van der Waals surface area (Å²) in [6, 6.07) is -5.25. The van der Waals surface area contributed by atoms with Crippen molar-refractivity contribution in [3.05, 3.63) is 18.2 Å². The molecule has 0 radical (unpaired) electrons. The Hall–Kier alpha value is -3.52. The van der Waals surface area contributed by atoms with Crippen LogP contribution in [0.4, 0.5) is 0 Å². The van der Waals surface area contributed by atoms with Crippen LogP contribution < -0.4 is 27.4 Å². The lowest BCUT2D eigenvalue weighted by atomic mass is 10.1. The Morgan fingerprint density at radius 3 is 2.16 bits per heavy atom. The first kappa shape index (κ1) is 25.5. The molecule has 14 heteroatoms. The summed E-state index contributed by atoms with van der Waals surface area (Å²) in [6.45, 7) is 2.64. The van der Waals surface area contributed by atoms with Gasteiger partial charge < -0.3 is 42.6 Å². The molecule has 1 aromatic rings. The third kappa shape index (κ3) is 8.39. The molecule has 5 unspecified atom stereocenters. The van der Waals surface area contributed by atoms with Crippen molar-refractivity contribution in [2.75, 3.05) is 0 Å². The highest BCUT2D eigenvalue weighted by molar-refractivity contribution is 5.94. The summed E-state index contributed by atoms with van der Waals surface area (Å²) < 4.78 is 0. The maximum absolute atomic E-state index is 12.6. The van der Waals surface area contributed by atoms with E-state index in [1.165, 1.54) is 26.4 Å². The molecule has 5 atom stereocenters. The first-order valence-corrected chi connectivity index (χ1v) is 9.25. The van der Waals surface area contributed by atoms with Crippen molar-refractivity contribution in [1.29, 1.82) is 0 Å². The van der Waals surface area contributed by atoms with Crippen LogP contribution in [0.3, 0.4) is 0 Å². The normalized spacial score (nSPS) is 15.6. The van der Waals surface area contributed by atoms with Gasteiger partial charge in [0.15, 0.2) is 0 Å². The van der Waals surface area contributed by atoms with E-state index in [2.05, 4.69) is 25.9 Å². The Kier molecular flexibility index (Phi) is 9.56. The Balaban J connectivity index is 2.91. The second-order valence-corrected chi connectivity index (χ2v) is 6.91. The van der Waals surface area contributed by atoms with Crippen LogP contribution in [-0.2, 0) is 30.4 Å². The van der Waals surface area contributed by atoms with Gasteiger partial charge in [-0.2, -0.15) is 0 Å². The number of nitrogens with two attached hydrogens (primary N) is 2. The minimum Gasteiger partial charge on any atom is -0.480 e. The van der Waals surface area contributed by atoms with Gasteiger partial charge in [0, 0.05) is 18.3 Å². The number of aliphatic carboxylic acids is 1. The summed E-state index contributed by atoms with van der Waals surface area (Å²) in [6.07, 6.45) is 0.869. The zero-order valence-electron chi connectivity index (χ0n) is 17.0. The molecule has 1 rings (SSSR count). The van der Waals surface area contributed by atoms with Gasteiger partial charge in [-0.1, -0.05) is 0 Å². The molecule has 4 amide bonds. The quantitative estimate of drug-likeness (QED) is 0.158. The summed E-state index contributed by atoms with van der Waals surface area (Å²) in [7, 11) is 0. The molecule has 1 heterocycles. The Bertz CT molecular complexity index is 797. The van der Waals surface area contributed by atoms with Crippen molar-refractivity contribution in [3.63, 3.8) is 0 Å². The summed E-state index contributed by atoms with van der Waals surface area (Å²) in [5.41, 5.74) is 11.0. The first-order valence-electron chi connectivity index (χ1n) is 9.25. The highest BCUT2D eigenvalue weighted by atomic mass is 16.4. The monoisotopic (exact) mass is 441 g/mol. The number of imidazole rings is 1. The first-order chi connectivity index (χ1) is 14.4. The van der Waals surface area contributed by atoms with Crippen molar-refractivity contribution >= 4 is 29.6 Å². The number of aliphatic hydroxyl groups excluding tert-OH is 1. The molecule has 0 fully saturated rings. The van der Waals surface area contributed by atoms with E-state index in [9.17, 15) is 29.1 Å². The highest BCUT2D eigenvalue weighted by Gasteiger charge is 2.30. The number of hydrogen-bond donors (Lipinski definition) is 8. The van der Waals surface area contributed by atoms with E-state index in [1.807, 2.05) is 0 Å². The van der Waals surface area contributed by atoms with Gasteiger partial charge in [0.1, 0.15) is 24.2 Å². The van der Waals surface area contributed by atoms with Crippen LogP contribution >= 0.6 is 0 Å². The Morgan fingerprint density at radius 2 is 1.68 bits per heavy atom. The molecule has 0 saturated heterocycles. The predicted octanol–water partition coefficient (Wildman–Crippen LogP) is -3.91. The van der Waals surface area contributed by atoms with Crippen molar-refractivity contribution in [2.24, 2.45) is 11.5 Å². The summed E-state index contributed by atoms with van der Waals surface area (Å²) in [4.78, 5) is 65.9. The fourth-order valence-electron chi connectivity index (χ4n) is 2.39. The molecule has 1 aromatic heterocycles.